The van der Waals surface area contributed by atoms with Crippen LogP contribution in [0.4, 0.5) is 0 Å². The zero-order valence-electron chi connectivity index (χ0n) is 9.82. The first-order valence-corrected chi connectivity index (χ1v) is 5.97. The van der Waals surface area contributed by atoms with E-state index in [0.29, 0.717) is 11.8 Å². The number of H-pyrrole nitrogens is 1. The predicted octanol–water partition coefficient (Wildman–Crippen LogP) is 2.21. The lowest BCUT2D eigenvalue weighted by molar-refractivity contribution is 0.200. The molecule has 1 aliphatic rings. The van der Waals surface area contributed by atoms with Gasteiger partial charge in [0.1, 0.15) is 5.82 Å². The molecule has 4 heteroatoms. The third-order valence-corrected chi connectivity index (χ3v) is 2.72. The minimum atomic E-state index is -0.115. The van der Waals surface area contributed by atoms with Crippen LogP contribution in [-0.4, -0.2) is 16.1 Å². The van der Waals surface area contributed by atoms with Gasteiger partial charge in [0.05, 0.1) is 12.2 Å². The Morgan fingerprint density at radius 1 is 1.62 bits per heavy atom. The molecule has 1 unspecified atom stereocenters. The van der Waals surface area contributed by atoms with Gasteiger partial charge in [-0.05, 0) is 26.2 Å². The second-order valence-corrected chi connectivity index (χ2v) is 4.46. The second-order valence-electron chi connectivity index (χ2n) is 4.46. The minimum absolute atomic E-state index is 0.115. The molecule has 0 spiro atoms. The molecule has 88 valence electrons. The summed E-state index contributed by atoms with van der Waals surface area (Å²) in [5.74, 6) is 1.69. The SMILES string of the molecule is CCCC(C)Oc1cc(=O)[nH]c(C2CC2)n1. The van der Waals surface area contributed by atoms with Gasteiger partial charge in [-0.25, -0.2) is 0 Å². The van der Waals surface area contributed by atoms with Crippen LogP contribution < -0.4 is 10.3 Å². The zero-order chi connectivity index (χ0) is 11.5. The molecule has 0 aromatic carbocycles. The molecule has 0 aliphatic heterocycles. The molecule has 0 amide bonds. The topological polar surface area (TPSA) is 55.0 Å². The highest BCUT2D eigenvalue weighted by Gasteiger charge is 2.26. The van der Waals surface area contributed by atoms with E-state index in [1.54, 1.807) is 0 Å². The van der Waals surface area contributed by atoms with Gasteiger partial charge in [-0.15, -0.1) is 0 Å². The summed E-state index contributed by atoms with van der Waals surface area (Å²) in [6.07, 6.45) is 4.41. The highest BCUT2D eigenvalue weighted by atomic mass is 16.5. The van der Waals surface area contributed by atoms with E-state index in [4.69, 9.17) is 4.74 Å². The van der Waals surface area contributed by atoms with Crippen LogP contribution in [0.5, 0.6) is 5.88 Å². The van der Waals surface area contributed by atoms with E-state index in [1.807, 2.05) is 6.92 Å². The van der Waals surface area contributed by atoms with Gasteiger partial charge in [-0.3, -0.25) is 4.79 Å². The van der Waals surface area contributed by atoms with Crippen molar-refractivity contribution in [1.29, 1.82) is 0 Å². The summed E-state index contributed by atoms with van der Waals surface area (Å²) in [5, 5.41) is 0. The summed E-state index contributed by atoms with van der Waals surface area (Å²) >= 11 is 0. The number of ether oxygens (including phenoxy) is 1. The number of hydrogen-bond donors (Lipinski definition) is 1. The molecule has 1 atom stereocenters. The van der Waals surface area contributed by atoms with Crippen molar-refractivity contribution in [1.82, 2.24) is 9.97 Å². The minimum Gasteiger partial charge on any atom is -0.474 e. The van der Waals surface area contributed by atoms with Crippen LogP contribution in [0.3, 0.4) is 0 Å². The van der Waals surface area contributed by atoms with Crippen molar-refractivity contribution in [3.05, 3.63) is 22.2 Å². The van der Waals surface area contributed by atoms with Gasteiger partial charge in [-0.2, -0.15) is 4.98 Å². The smallest absolute Gasteiger partial charge is 0.254 e. The fourth-order valence-electron chi connectivity index (χ4n) is 1.74. The maximum Gasteiger partial charge on any atom is 0.254 e. The van der Waals surface area contributed by atoms with Crippen LogP contribution in [-0.2, 0) is 0 Å². The van der Waals surface area contributed by atoms with Crippen LogP contribution >= 0.6 is 0 Å². The second kappa shape index (κ2) is 4.68. The number of hydrogen-bond acceptors (Lipinski definition) is 3. The van der Waals surface area contributed by atoms with Crippen molar-refractivity contribution in [2.75, 3.05) is 0 Å². The molecular weight excluding hydrogens is 204 g/mol. The van der Waals surface area contributed by atoms with Gasteiger partial charge in [0.25, 0.3) is 5.56 Å². The molecule has 1 aliphatic carbocycles. The zero-order valence-corrected chi connectivity index (χ0v) is 9.82. The predicted molar refractivity (Wildman–Crippen MR) is 61.8 cm³/mol. The van der Waals surface area contributed by atoms with E-state index in [0.717, 1.165) is 31.5 Å². The molecule has 1 aromatic rings. The molecule has 4 nitrogen and oxygen atoms in total. The fraction of sp³-hybridized carbons (Fsp3) is 0.667. The number of nitrogens with one attached hydrogen (secondary N) is 1. The van der Waals surface area contributed by atoms with E-state index in [1.165, 1.54) is 6.07 Å². The Morgan fingerprint density at radius 2 is 2.38 bits per heavy atom. The van der Waals surface area contributed by atoms with Crippen LogP contribution in [0.15, 0.2) is 10.9 Å². The Morgan fingerprint density at radius 3 is 3.00 bits per heavy atom. The average Bonchev–Trinajstić information content (AvgIpc) is 2.99. The normalized spacial score (nSPS) is 17.1. The van der Waals surface area contributed by atoms with Gasteiger partial charge in [0.2, 0.25) is 5.88 Å². The van der Waals surface area contributed by atoms with Crippen molar-refractivity contribution in [2.24, 2.45) is 0 Å². The van der Waals surface area contributed by atoms with Crippen molar-refractivity contribution in [3.8, 4) is 5.88 Å². The van der Waals surface area contributed by atoms with Crippen LogP contribution in [0, 0.1) is 0 Å². The van der Waals surface area contributed by atoms with Gasteiger partial charge >= 0.3 is 0 Å². The van der Waals surface area contributed by atoms with E-state index in [-0.39, 0.29) is 11.7 Å². The lowest BCUT2D eigenvalue weighted by Crippen LogP contribution is -2.16. The molecule has 1 heterocycles. The average molecular weight is 222 g/mol. The standard InChI is InChI=1S/C12H18N2O2/c1-3-4-8(2)16-11-7-10(15)13-12(14-11)9-5-6-9/h7-9H,3-6H2,1-2H3,(H,13,14,15). The van der Waals surface area contributed by atoms with E-state index < -0.39 is 0 Å². The lowest BCUT2D eigenvalue weighted by atomic mass is 10.2. The molecule has 0 radical (unpaired) electrons. The first-order valence-electron chi connectivity index (χ1n) is 5.97. The van der Waals surface area contributed by atoms with Crippen molar-refractivity contribution in [2.45, 2.75) is 51.6 Å². The summed E-state index contributed by atoms with van der Waals surface area (Å²) < 4.78 is 5.62. The highest BCUT2D eigenvalue weighted by Crippen LogP contribution is 2.37. The van der Waals surface area contributed by atoms with Gasteiger partial charge in [0.15, 0.2) is 0 Å². The molecule has 1 fully saturated rings. The maximum atomic E-state index is 11.4. The Hall–Kier alpha value is -1.32. The number of aromatic nitrogens is 2. The molecule has 1 N–H and O–H groups in total. The Kier molecular flexibility index (Phi) is 3.27. The molecule has 2 rings (SSSR count). The van der Waals surface area contributed by atoms with Crippen molar-refractivity contribution in [3.63, 3.8) is 0 Å². The van der Waals surface area contributed by atoms with Crippen LogP contribution in [0.25, 0.3) is 0 Å². The Bertz CT molecular complexity index is 410. The van der Waals surface area contributed by atoms with E-state index in [9.17, 15) is 4.79 Å². The maximum absolute atomic E-state index is 11.4. The Labute approximate surface area is 95.1 Å². The van der Waals surface area contributed by atoms with E-state index >= 15 is 0 Å². The Balaban J connectivity index is 2.10. The summed E-state index contributed by atoms with van der Waals surface area (Å²) in [7, 11) is 0. The molecular formula is C12H18N2O2. The molecule has 0 saturated heterocycles. The lowest BCUT2D eigenvalue weighted by Gasteiger charge is -2.12. The van der Waals surface area contributed by atoms with Gasteiger partial charge in [-0.1, -0.05) is 13.3 Å². The first kappa shape index (κ1) is 11.2. The van der Waals surface area contributed by atoms with Gasteiger partial charge in [0, 0.05) is 5.92 Å². The molecule has 1 saturated carbocycles. The summed E-state index contributed by atoms with van der Waals surface area (Å²) in [6, 6.07) is 1.43. The third kappa shape index (κ3) is 2.84. The number of aromatic amines is 1. The largest absolute Gasteiger partial charge is 0.474 e. The fourth-order valence-corrected chi connectivity index (χ4v) is 1.74. The summed E-state index contributed by atoms with van der Waals surface area (Å²) in [6.45, 7) is 4.11. The molecule has 1 aromatic heterocycles. The summed E-state index contributed by atoms with van der Waals surface area (Å²) in [5.41, 5.74) is -0.115. The monoisotopic (exact) mass is 222 g/mol. The summed E-state index contributed by atoms with van der Waals surface area (Å²) in [4.78, 5) is 18.5. The van der Waals surface area contributed by atoms with Crippen molar-refractivity contribution >= 4 is 0 Å². The third-order valence-electron chi connectivity index (χ3n) is 2.72. The number of nitrogens with zero attached hydrogens (tertiary/aromatic N) is 1. The van der Waals surface area contributed by atoms with Gasteiger partial charge < -0.3 is 9.72 Å². The first-order chi connectivity index (χ1) is 7.69. The van der Waals surface area contributed by atoms with Crippen LogP contribution in [0.1, 0.15) is 51.3 Å². The van der Waals surface area contributed by atoms with Crippen molar-refractivity contribution < 1.29 is 4.74 Å². The van der Waals surface area contributed by atoms with E-state index in [2.05, 4.69) is 16.9 Å². The molecule has 0 bridgehead atoms. The highest BCUT2D eigenvalue weighted by molar-refractivity contribution is 5.14. The number of rotatable bonds is 5. The molecule has 16 heavy (non-hydrogen) atoms. The quantitative estimate of drug-likeness (QED) is 0.831. The van der Waals surface area contributed by atoms with Crippen LogP contribution in [0.2, 0.25) is 0 Å².